The van der Waals surface area contributed by atoms with E-state index in [0.29, 0.717) is 0 Å². The van der Waals surface area contributed by atoms with Crippen molar-refractivity contribution in [3.8, 4) is 0 Å². The molecule has 0 heterocycles. The van der Waals surface area contributed by atoms with Gasteiger partial charge in [-0.2, -0.15) is 13.2 Å². The van der Waals surface area contributed by atoms with Crippen LogP contribution < -0.4 is 5.11 Å². The van der Waals surface area contributed by atoms with Crippen molar-refractivity contribution in [3.05, 3.63) is 12.2 Å². The zero-order valence-corrected chi connectivity index (χ0v) is 9.78. The van der Waals surface area contributed by atoms with Crippen molar-refractivity contribution < 1.29 is 32.6 Å². The van der Waals surface area contributed by atoms with Crippen LogP contribution in [0.25, 0.3) is 0 Å². The third-order valence-electron chi connectivity index (χ3n) is 2.98. The average Bonchev–Trinajstić information content (AvgIpc) is 2.73. The van der Waals surface area contributed by atoms with E-state index in [1.807, 2.05) is 0 Å². The van der Waals surface area contributed by atoms with Gasteiger partial charge in [0.25, 0.3) is 0 Å². The number of hydrogen-bond acceptors (Lipinski definition) is 4. The number of ether oxygens (including phenoxy) is 1. The zero-order valence-electron chi connectivity index (χ0n) is 9.78. The Morgan fingerprint density at radius 1 is 1.39 bits per heavy atom. The van der Waals surface area contributed by atoms with Crippen molar-refractivity contribution in [1.29, 1.82) is 0 Å². The fraction of sp³-hybridized carbons (Fsp3) is 0.636. The molecule has 0 spiro atoms. The molecule has 0 aromatic heterocycles. The van der Waals surface area contributed by atoms with E-state index in [1.165, 1.54) is 6.08 Å². The van der Waals surface area contributed by atoms with E-state index in [9.17, 15) is 27.9 Å². The third kappa shape index (κ3) is 3.48. The lowest BCUT2D eigenvalue weighted by atomic mass is 10.1. The number of carboxylic acid groups (broad SMARTS) is 1. The fourth-order valence-electron chi connectivity index (χ4n) is 1.87. The molecule has 0 saturated heterocycles. The molecule has 0 aliphatic heterocycles. The molecule has 0 aromatic carbocycles. The summed E-state index contributed by atoms with van der Waals surface area (Å²) in [6.45, 7) is 1.68. The molecule has 0 N–H and O–H groups in total. The minimum atomic E-state index is -4.57. The molecular weight excluding hydrogens is 253 g/mol. The van der Waals surface area contributed by atoms with Crippen molar-refractivity contribution in [1.82, 2.24) is 0 Å². The van der Waals surface area contributed by atoms with E-state index in [4.69, 9.17) is 0 Å². The van der Waals surface area contributed by atoms with Gasteiger partial charge in [-0.05, 0) is 11.3 Å². The van der Waals surface area contributed by atoms with E-state index >= 15 is 0 Å². The van der Waals surface area contributed by atoms with Crippen LogP contribution in [0.15, 0.2) is 12.2 Å². The molecule has 4 nitrogen and oxygen atoms in total. The third-order valence-corrected chi connectivity index (χ3v) is 2.98. The molecule has 0 radical (unpaired) electrons. The Bertz CT molecular complexity index is 384. The molecule has 102 valence electrons. The predicted octanol–water partition coefficient (Wildman–Crippen LogP) is 0.670. The summed E-state index contributed by atoms with van der Waals surface area (Å²) in [6.07, 6.45) is -2.50. The van der Waals surface area contributed by atoms with Gasteiger partial charge in [-0.1, -0.05) is 19.9 Å². The van der Waals surface area contributed by atoms with Crippen LogP contribution in [0.5, 0.6) is 0 Å². The SMILES string of the molecule is CC1(C)C(/C=C/C(=O)OCC(F)(F)F)C1C(=O)[O-]. The molecule has 1 aliphatic carbocycles. The van der Waals surface area contributed by atoms with E-state index in [1.54, 1.807) is 13.8 Å². The van der Waals surface area contributed by atoms with E-state index in [-0.39, 0.29) is 0 Å². The van der Waals surface area contributed by atoms with Gasteiger partial charge >= 0.3 is 12.1 Å². The highest BCUT2D eigenvalue weighted by molar-refractivity contribution is 5.82. The second-order valence-electron chi connectivity index (χ2n) is 4.73. The van der Waals surface area contributed by atoms with Crippen LogP contribution in [0, 0.1) is 17.3 Å². The molecule has 18 heavy (non-hydrogen) atoms. The first-order chi connectivity index (χ1) is 8.05. The standard InChI is InChI=1S/C11H13F3O4/c1-10(2)6(8(10)9(16)17)3-4-7(15)18-5-11(12,13)14/h3-4,6,8H,5H2,1-2H3,(H,16,17)/p-1/b4-3+. The maximum Gasteiger partial charge on any atom is 0.422 e. The van der Waals surface area contributed by atoms with Crippen molar-refractivity contribution in [2.45, 2.75) is 20.0 Å². The summed E-state index contributed by atoms with van der Waals surface area (Å²) >= 11 is 0. The summed E-state index contributed by atoms with van der Waals surface area (Å²) < 4.78 is 39.1. The maximum absolute atomic E-state index is 11.7. The minimum Gasteiger partial charge on any atom is -0.550 e. The number of aliphatic carboxylic acids is 1. The van der Waals surface area contributed by atoms with Crippen LogP contribution >= 0.6 is 0 Å². The Kier molecular flexibility index (Phi) is 3.73. The van der Waals surface area contributed by atoms with Gasteiger partial charge < -0.3 is 14.6 Å². The van der Waals surface area contributed by atoms with Crippen LogP contribution in [0.1, 0.15) is 13.8 Å². The first-order valence-electron chi connectivity index (χ1n) is 5.18. The summed E-state index contributed by atoms with van der Waals surface area (Å²) in [5.74, 6) is -3.55. The van der Waals surface area contributed by atoms with Gasteiger partial charge in [0, 0.05) is 18.0 Å². The number of allylic oxidation sites excluding steroid dienone is 1. The first kappa shape index (κ1) is 14.5. The molecule has 2 atom stereocenters. The van der Waals surface area contributed by atoms with E-state index in [2.05, 4.69) is 4.74 Å². The summed E-state index contributed by atoms with van der Waals surface area (Å²) in [4.78, 5) is 21.6. The molecule has 2 unspecified atom stereocenters. The van der Waals surface area contributed by atoms with Gasteiger partial charge in [-0.15, -0.1) is 0 Å². The largest absolute Gasteiger partial charge is 0.550 e. The molecule has 1 fully saturated rings. The highest BCUT2D eigenvalue weighted by atomic mass is 19.4. The Labute approximate surface area is 101 Å². The van der Waals surface area contributed by atoms with Crippen LogP contribution in [0.3, 0.4) is 0 Å². The number of alkyl halides is 3. The van der Waals surface area contributed by atoms with Gasteiger partial charge in [-0.3, -0.25) is 0 Å². The fourth-order valence-corrected chi connectivity index (χ4v) is 1.87. The smallest absolute Gasteiger partial charge is 0.422 e. The molecule has 0 bridgehead atoms. The zero-order chi connectivity index (χ0) is 14.1. The summed E-state index contributed by atoms with van der Waals surface area (Å²) in [5.41, 5.74) is -0.556. The van der Waals surface area contributed by atoms with Crippen molar-refractivity contribution in [3.63, 3.8) is 0 Å². The normalized spacial score (nSPS) is 26.1. The van der Waals surface area contributed by atoms with Crippen molar-refractivity contribution in [2.24, 2.45) is 17.3 Å². The molecule has 1 aliphatic rings. The van der Waals surface area contributed by atoms with Gasteiger partial charge in [0.15, 0.2) is 6.61 Å². The number of hydrogen-bond donors (Lipinski definition) is 0. The molecular formula is C11H12F3O4-. The summed E-state index contributed by atoms with van der Waals surface area (Å²) in [7, 11) is 0. The van der Waals surface area contributed by atoms with Crippen molar-refractivity contribution >= 4 is 11.9 Å². The second kappa shape index (κ2) is 4.62. The molecule has 0 amide bonds. The van der Waals surface area contributed by atoms with Gasteiger partial charge in [-0.25, -0.2) is 4.79 Å². The van der Waals surface area contributed by atoms with Crippen LogP contribution in [-0.2, 0) is 14.3 Å². The highest BCUT2D eigenvalue weighted by Gasteiger charge is 2.56. The topological polar surface area (TPSA) is 66.4 Å². The monoisotopic (exact) mass is 265 g/mol. The lowest BCUT2D eigenvalue weighted by Gasteiger charge is -2.05. The number of carboxylic acids is 1. The quantitative estimate of drug-likeness (QED) is 0.553. The predicted molar refractivity (Wildman–Crippen MR) is 51.9 cm³/mol. The Hall–Kier alpha value is -1.53. The average molecular weight is 265 g/mol. The first-order valence-corrected chi connectivity index (χ1v) is 5.18. The van der Waals surface area contributed by atoms with Crippen molar-refractivity contribution in [2.75, 3.05) is 6.61 Å². The van der Waals surface area contributed by atoms with Gasteiger partial charge in [0.1, 0.15) is 0 Å². The van der Waals surface area contributed by atoms with E-state index in [0.717, 1.165) is 6.08 Å². The van der Waals surface area contributed by atoms with Crippen LogP contribution in [0.2, 0.25) is 0 Å². The molecule has 1 saturated carbocycles. The van der Waals surface area contributed by atoms with Gasteiger partial charge in [0.05, 0.1) is 0 Å². The van der Waals surface area contributed by atoms with E-state index < -0.39 is 42.0 Å². The number of carbonyl (C=O) groups is 2. The van der Waals surface area contributed by atoms with Crippen LogP contribution in [-0.4, -0.2) is 24.7 Å². The molecule has 0 aromatic rings. The summed E-state index contributed by atoms with van der Waals surface area (Å²) in [5, 5.41) is 10.7. The number of esters is 1. The molecule has 1 rings (SSSR count). The summed E-state index contributed by atoms with van der Waals surface area (Å²) in [6, 6.07) is 0. The number of rotatable bonds is 4. The second-order valence-corrected chi connectivity index (χ2v) is 4.73. The lowest BCUT2D eigenvalue weighted by Crippen LogP contribution is -2.26. The Balaban J connectivity index is 2.47. The highest BCUT2D eigenvalue weighted by Crippen LogP contribution is 2.58. The van der Waals surface area contributed by atoms with Gasteiger partial charge in [0.2, 0.25) is 0 Å². The molecule has 7 heteroatoms. The minimum absolute atomic E-state index is 0.430. The maximum atomic E-state index is 11.7. The number of halogens is 3. The number of carbonyl (C=O) groups excluding carboxylic acids is 2. The Morgan fingerprint density at radius 3 is 2.33 bits per heavy atom. The Morgan fingerprint density at radius 2 is 1.94 bits per heavy atom. The van der Waals surface area contributed by atoms with Crippen LogP contribution in [0.4, 0.5) is 13.2 Å². The lowest BCUT2D eigenvalue weighted by molar-refractivity contribution is -0.309.